The van der Waals surface area contributed by atoms with Crippen molar-refractivity contribution >= 4 is 56.5 Å². The molecular formula is C14H16BrN3O5S. The van der Waals surface area contributed by atoms with Crippen LogP contribution >= 0.6 is 28.1 Å². The Balaban J connectivity index is 2.47. The first-order valence-electron chi connectivity index (χ1n) is 7.04. The fraction of sp³-hybridized carbons (Fsp3) is 0.357. The van der Waals surface area contributed by atoms with Crippen LogP contribution < -0.4 is 10.6 Å². The van der Waals surface area contributed by atoms with Gasteiger partial charge in [-0.05, 0) is 40.6 Å². The standard InChI is InChI=1S/C14H16BrN3O5S/c1-2-7-23-13(20)6-5-12(19)17-14(24)16-11-4-3-9(18(21)22)8-10(11)15/h3-4,8H,2,5-7H2,1H3,(H2,16,17,19,24). The van der Waals surface area contributed by atoms with Crippen LogP contribution in [0.2, 0.25) is 0 Å². The third kappa shape index (κ3) is 7.01. The Morgan fingerprint density at radius 1 is 1.38 bits per heavy atom. The summed E-state index contributed by atoms with van der Waals surface area (Å²) in [6, 6.07) is 4.08. The smallest absolute Gasteiger partial charge is 0.306 e. The van der Waals surface area contributed by atoms with Gasteiger partial charge >= 0.3 is 5.97 Å². The average Bonchev–Trinajstić information content (AvgIpc) is 2.52. The average molecular weight is 418 g/mol. The summed E-state index contributed by atoms with van der Waals surface area (Å²) in [6.07, 6.45) is 0.636. The van der Waals surface area contributed by atoms with Gasteiger partial charge in [0.05, 0.1) is 23.6 Å². The van der Waals surface area contributed by atoms with Gasteiger partial charge in [0.25, 0.3) is 5.69 Å². The van der Waals surface area contributed by atoms with Crippen LogP contribution in [0.3, 0.4) is 0 Å². The summed E-state index contributed by atoms with van der Waals surface area (Å²) in [5, 5.41) is 15.9. The molecule has 0 fully saturated rings. The van der Waals surface area contributed by atoms with Crippen molar-refractivity contribution in [2.45, 2.75) is 26.2 Å². The molecule has 24 heavy (non-hydrogen) atoms. The van der Waals surface area contributed by atoms with E-state index in [0.717, 1.165) is 6.42 Å². The highest BCUT2D eigenvalue weighted by atomic mass is 79.9. The Kier molecular flexibility index (Phi) is 8.27. The van der Waals surface area contributed by atoms with Gasteiger partial charge < -0.3 is 15.4 Å². The molecule has 1 aromatic carbocycles. The highest BCUT2D eigenvalue weighted by Gasteiger charge is 2.12. The van der Waals surface area contributed by atoms with Gasteiger partial charge in [-0.15, -0.1) is 0 Å². The van der Waals surface area contributed by atoms with E-state index in [-0.39, 0.29) is 23.6 Å². The number of amides is 1. The summed E-state index contributed by atoms with van der Waals surface area (Å²) in [5.74, 6) is -0.872. The van der Waals surface area contributed by atoms with Crippen LogP contribution in [0.15, 0.2) is 22.7 Å². The number of benzene rings is 1. The van der Waals surface area contributed by atoms with Gasteiger partial charge in [0, 0.05) is 23.0 Å². The number of esters is 1. The van der Waals surface area contributed by atoms with E-state index in [0.29, 0.717) is 16.8 Å². The molecule has 1 rings (SSSR count). The number of nitrogens with one attached hydrogen (secondary N) is 2. The first-order valence-corrected chi connectivity index (χ1v) is 8.24. The molecule has 0 unspecified atom stereocenters. The van der Waals surface area contributed by atoms with Crippen molar-refractivity contribution in [1.82, 2.24) is 5.32 Å². The first kappa shape index (κ1) is 20.0. The van der Waals surface area contributed by atoms with Crippen molar-refractivity contribution < 1.29 is 19.2 Å². The summed E-state index contributed by atoms with van der Waals surface area (Å²) >= 11 is 8.18. The molecule has 0 heterocycles. The van der Waals surface area contributed by atoms with Crippen LogP contribution in [0.5, 0.6) is 0 Å². The molecule has 0 aromatic heterocycles. The fourth-order valence-electron chi connectivity index (χ4n) is 1.57. The first-order chi connectivity index (χ1) is 11.3. The Bertz CT molecular complexity index is 653. The molecule has 8 nitrogen and oxygen atoms in total. The van der Waals surface area contributed by atoms with Crippen molar-refractivity contribution in [3.8, 4) is 0 Å². The van der Waals surface area contributed by atoms with Crippen molar-refractivity contribution in [3.63, 3.8) is 0 Å². The molecule has 130 valence electrons. The lowest BCUT2D eigenvalue weighted by Crippen LogP contribution is -2.34. The molecule has 2 N–H and O–H groups in total. The molecule has 0 saturated heterocycles. The van der Waals surface area contributed by atoms with Crippen molar-refractivity contribution in [1.29, 1.82) is 0 Å². The number of non-ortho nitro benzene ring substituents is 1. The van der Waals surface area contributed by atoms with Gasteiger partial charge in [-0.1, -0.05) is 6.92 Å². The van der Waals surface area contributed by atoms with Crippen LogP contribution in [-0.2, 0) is 14.3 Å². The number of rotatable bonds is 7. The number of ether oxygens (including phenoxy) is 1. The Labute approximate surface area is 152 Å². The number of anilines is 1. The summed E-state index contributed by atoms with van der Waals surface area (Å²) in [7, 11) is 0. The molecule has 1 amide bonds. The Morgan fingerprint density at radius 2 is 2.08 bits per heavy atom. The molecule has 0 atom stereocenters. The van der Waals surface area contributed by atoms with Crippen LogP contribution in [0.4, 0.5) is 11.4 Å². The number of nitro groups is 1. The monoisotopic (exact) mass is 417 g/mol. The van der Waals surface area contributed by atoms with Crippen molar-refractivity contribution in [2.24, 2.45) is 0 Å². The zero-order chi connectivity index (χ0) is 18.1. The molecule has 0 aliphatic rings. The topological polar surface area (TPSA) is 111 Å². The van der Waals surface area contributed by atoms with E-state index in [2.05, 4.69) is 26.6 Å². The molecule has 0 aliphatic heterocycles. The van der Waals surface area contributed by atoms with Crippen LogP contribution in [0.1, 0.15) is 26.2 Å². The maximum atomic E-state index is 11.7. The Hall–Kier alpha value is -2.07. The van der Waals surface area contributed by atoms with Crippen LogP contribution in [0.25, 0.3) is 0 Å². The largest absolute Gasteiger partial charge is 0.466 e. The summed E-state index contributed by atoms with van der Waals surface area (Å²) in [5.41, 5.74) is 0.390. The van der Waals surface area contributed by atoms with E-state index in [9.17, 15) is 19.7 Å². The Morgan fingerprint density at radius 3 is 2.67 bits per heavy atom. The molecule has 10 heteroatoms. The van der Waals surface area contributed by atoms with E-state index in [1.54, 1.807) is 0 Å². The SMILES string of the molecule is CCCOC(=O)CCC(=O)NC(=S)Nc1ccc([N+](=O)[O-])cc1Br. The van der Waals surface area contributed by atoms with E-state index in [1.807, 2.05) is 6.92 Å². The summed E-state index contributed by atoms with van der Waals surface area (Å²) in [4.78, 5) is 33.2. The van der Waals surface area contributed by atoms with Crippen molar-refractivity contribution in [3.05, 3.63) is 32.8 Å². The second kappa shape index (κ2) is 9.93. The number of carbonyl (C=O) groups excluding carboxylic acids is 2. The number of carbonyl (C=O) groups is 2. The van der Waals surface area contributed by atoms with E-state index in [4.69, 9.17) is 17.0 Å². The molecular weight excluding hydrogens is 402 g/mol. The highest BCUT2D eigenvalue weighted by molar-refractivity contribution is 9.10. The second-order valence-corrected chi connectivity index (χ2v) is 5.91. The van der Waals surface area contributed by atoms with Gasteiger partial charge in [0.15, 0.2) is 5.11 Å². The minimum Gasteiger partial charge on any atom is -0.466 e. The number of thiocarbonyl (C=S) groups is 1. The van der Waals surface area contributed by atoms with Gasteiger partial charge in [0.2, 0.25) is 5.91 Å². The third-order valence-corrected chi connectivity index (χ3v) is 3.55. The lowest BCUT2D eigenvalue weighted by Gasteiger charge is -2.11. The highest BCUT2D eigenvalue weighted by Crippen LogP contribution is 2.26. The molecule has 0 radical (unpaired) electrons. The number of hydrogen-bond donors (Lipinski definition) is 2. The number of hydrogen-bond acceptors (Lipinski definition) is 6. The minimum atomic E-state index is -0.522. The molecule has 0 saturated carbocycles. The number of nitrogens with zero attached hydrogens (tertiary/aromatic N) is 1. The predicted octanol–water partition coefficient (Wildman–Crippen LogP) is 2.90. The van der Waals surface area contributed by atoms with E-state index >= 15 is 0 Å². The lowest BCUT2D eigenvalue weighted by molar-refractivity contribution is -0.384. The fourth-order valence-corrected chi connectivity index (χ4v) is 2.25. The van der Waals surface area contributed by atoms with Gasteiger partial charge in [-0.25, -0.2) is 0 Å². The van der Waals surface area contributed by atoms with E-state index in [1.165, 1.54) is 18.2 Å². The lowest BCUT2D eigenvalue weighted by atomic mass is 10.3. The maximum absolute atomic E-state index is 11.7. The van der Waals surface area contributed by atoms with Crippen molar-refractivity contribution in [2.75, 3.05) is 11.9 Å². The van der Waals surface area contributed by atoms with Crippen LogP contribution in [0, 0.1) is 10.1 Å². The second-order valence-electron chi connectivity index (χ2n) is 4.64. The molecule has 1 aromatic rings. The van der Waals surface area contributed by atoms with Gasteiger partial charge in [-0.2, -0.15) is 0 Å². The molecule has 0 spiro atoms. The normalized spacial score (nSPS) is 9.92. The summed E-state index contributed by atoms with van der Waals surface area (Å²) in [6.45, 7) is 2.20. The zero-order valence-electron chi connectivity index (χ0n) is 12.8. The minimum absolute atomic E-state index is 0.0245. The van der Waals surface area contributed by atoms with Gasteiger partial charge in [0.1, 0.15) is 0 Å². The zero-order valence-corrected chi connectivity index (χ0v) is 15.2. The number of nitro benzene ring substituents is 1. The van der Waals surface area contributed by atoms with Gasteiger partial charge in [-0.3, -0.25) is 19.7 Å². The van der Waals surface area contributed by atoms with Crippen LogP contribution in [-0.4, -0.2) is 28.5 Å². The quantitative estimate of drug-likeness (QED) is 0.303. The third-order valence-electron chi connectivity index (χ3n) is 2.69. The molecule has 0 bridgehead atoms. The predicted molar refractivity (Wildman–Crippen MR) is 95.6 cm³/mol. The molecule has 0 aliphatic carbocycles. The maximum Gasteiger partial charge on any atom is 0.306 e. The summed E-state index contributed by atoms with van der Waals surface area (Å²) < 4.78 is 5.29. The number of halogens is 1. The van der Waals surface area contributed by atoms with E-state index < -0.39 is 16.8 Å².